The zero-order valence-corrected chi connectivity index (χ0v) is 26.1. The number of nitrogens with zero attached hydrogens (tertiary/aromatic N) is 1. The summed E-state index contributed by atoms with van der Waals surface area (Å²) >= 11 is 1.97. The van der Waals surface area contributed by atoms with Crippen molar-refractivity contribution in [3.05, 3.63) is 63.9 Å². The highest BCUT2D eigenvalue weighted by Crippen LogP contribution is 2.49. The van der Waals surface area contributed by atoms with Crippen molar-refractivity contribution < 1.29 is 59.4 Å². The van der Waals surface area contributed by atoms with Crippen LogP contribution in [0, 0.1) is 21.3 Å². The van der Waals surface area contributed by atoms with Crippen molar-refractivity contribution in [1.29, 1.82) is 0 Å². The van der Waals surface area contributed by atoms with E-state index in [9.17, 15) is 36.0 Å². The highest BCUT2D eigenvalue weighted by Gasteiger charge is 2.61. The van der Waals surface area contributed by atoms with Gasteiger partial charge in [-0.05, 0) is 46.7 Å². The normalized spacial score (nSPS) is 20.7. The van der Waals surface area contributed by atoms with Crippen LogP contribution in [0.5, 0.6) is 5.75 Å². The summed E-state index contributed by atoms with van der Waals surface area (Å²) < 4.78 is 75.8. The molecule has 2 aliphatic heterocycles. The molecule has 1 aromatic rings. The summed E-state index contributed by atoms with van der Waals surface area (Å²) in [5.41, 5.74) is -4.69. The molecule has 1 saturated heterocycles. The maximum atomic E-state index is 13.2. The van der Waals surface area contributed by atoms with E-state index < -0.39 is 63.9 Å². The molecule has 2 aliphatic rings. The Kier molecular flexibility index (Phi) is 11.4. The van der Waals surface area contributed by atoms with Crippen LogP contribution < -0.4 is 4.74 Å². The smallest absolute Gasteiger partial charge is 0.488 e. The Bertz CT molecular complexity index is 1410. The molecule has 3 unspecified atom stereocenters. The van der Waals surface area contributed by atoms with Crippen LogP contribution in [-0.2, 0) is 49.6 Å². The lowest BCUT2D eigenvalue weighted by Gasteiger charge is -2.47. The zero-order chi connectivity index (χ0) is 32.1. The molecule has 236 valence electrons. The first kappa shape index (κ1) is 34.5. The lowest BCUT2D eigenvalue weighted by molar-refractivity contribution is -0.271. The predicted octanol–water partition coefficient (Wildman–Crippen LogP) is 3.84. The minimum Gasteiger partial charge on any atom is -0.488 e. The second-order valence-corrected chi connectivity index (χ2v) is 12.3. The summed E-state index contributed by atoms with van der Waals surface area (Å²) in [6.07, 6.45) is 2.58. The Labute approximate surface area is 259 Å². The summed E-state index contributed by atoms with van der Waals surface area (Å²) in [7, 11) is -5.73. The molecule has 0 bridgehead atoms. The van der Waals surface area contributed by atoms with Gasteiger partial charge in [-0.3, -0.25) is 13.9 Å². The van der Waals surface area contributed by atoms with Gasteiger partial charge in [-0.2, -0.15) is 26.5 Å². The van der Waals surface area contributed by atoms with Gasteiger partial charge < -0.3 is 14.4 Å². The van der Waals surface area contributed by atoms with Crippen LogP contribution in [0.15, 0.2) is 54.8 Å². The van der Waals surface area contributed by atoms with E-state index in [1.807, 2.05) is 22.6 Å². The monoisotopic (exact) mass is 743 g/mol. The van der Waals surface area contributed by atoms with Gasteiger partial charge in [0.1, 0.15) is 31.3 Å². The standard InChI is InChI=1S/C27H29F3INO10S/c1-5-10-38-26(35)23-18(15(3)22-21(24(33)32(22)23)16(4)25(34)42-40-11-6-2)14-39-20-13-17(7-8-19(20)31)9-12-41-43(36,37)27(28,29)30/h5-8,13,15-16,21-22H,1-2,9-12,14H2,3-4H3/t15-,16?,21?,22?/m0/s1. The molecule has 43 heavy (non-hydrogen) atoms. The fraction of sp³-hybridized carbons (Fsp3) is 0.444. The van der Waals surface area contributed by atoms with Gasteiger partial charge >= 0.3 is 27.6 Å². The number of fused-ring (bicyclic) bond motifs is 1. The van der Waals surface area contributed by atoms with Gasteiger partial charge in [0, 0.05) is 11.5 Å². The SMILES string of the molecule is C=CCOOC(=O)C(C)C1C(=O)N2C(C(=O)OCC=C)=C(COc3cc(CCOS(=O)(=O)C(F)(F)F)ccc3I)[C@H](C)C12. The third-order valence-corrected chi connectivity index (χ3v) is 8.79. The molecule has 0 saturated carbocycles. The fourth-order valence-electron chi connectivity index (χ4n) is 4.71. The highest BCUT2D eigenvalue weighted by atomic mass is 127. The molecule has 0 aliphatic carbocycles. The summed E-state index contributed by atoms with van der Waals surface area (Å²) in [5.74, 6) is -3.87. The summed E-state index contributed by atoms with van der Waals surface area (Å²) in [6, 6.07) is 4.12. The lowest BCUT2D eigenvalue weighted by atomic mass is 9.74. The molecular weight excluding hydrogens is 714 g/mol. The highest BCUT2D eigenvalue weighted by molar-refractivity contribution is 14.1. The topological polar surface area (TPSA) is 135 Å². The van der Waals surface area contributed by atoms with E-state index in [2.05, 4.69) is 17.3 Å². The van der Waals surface area contributed by atoms with Crippen LogP contribution in [-0.4, -0.2) is 69.1 Å². The minimum absolute atomic E-state index is 0.0130. The molecule has 1 fully saturated rings. The molecule has 0 radical (unpaired) electrons. The van der Waals surface area contributed by atoms with E-state index in [0.717, 1.165) is 0 Å². The Morgan fingerprint density at radius 3 is 2.49 bits per heavy atom. The fourth-order valence-corrected chi connectivity index (χ4v) is 5.64. The minimum atomic E-state index is -5.73. The number of ether oxygens (including phenoxy) is 2. The van der Waals surface area contributed by atoms with Crippen molar-refractivity contribution in [2.75, 3.05) is 26.4 Å². The third kappa shape index (κ3) is 7.58. The van der Waals surface area contributed by atoms with Gasteiger partial charge in [0.25, 0.3) is 0 Å². The van der Waals surface area contributed by atoms with Crippen LogP contribution in [0.1, 0.15) is 19.4 Å². The molecule has 1 aromatic carbocycles. The Morgan fingerprint density at radius 1 is 1.19 bits per heavy atom. The van der Waals surface area contributed by atoms with Gasteiger partial charge in [0.2, 0.25) is 5.91 Å². The van der Waals surface area contributed by atoms with E-state index in [1.165, 1.54) is 30.0 Å². The second kappa shape index (κ2) is 14.2. The zero-order valence-electron chi connectivity index (χ0n) is 23.1. The molecule has 16 heteroatoms. The maximum Gasteiger partial charge on any atom is 0.523 e. The number of esters is 1. The number of hydrogen-bond donors (Lipinski definition) is 0. The molecule has 11 nitrogen and oxygen atoms in total. The molecule has 3 rings (SSSR count). The summed E-state index contributed by atoms with van der Waals surface area (Å²) in [6.45, 7) is 9.19. The Balaban J connectivity index is 1.79. The Morgan fingerprint density at radius 2 is 1.86 bits per heavy atom. The average molecular weight is 743 g/mol. The van der Waals surface area contributed by atoms with Gasteiger partial charge in [0.05, 0.1) is 28.1 Å². The van der Waals surface area contributed by atoms with E-state index in [1.54, 1.807) is 19.1 Å². The van der Waals surface area contributed by atoms with Crippen molar-refractivity contribution >= 4 is 50.6 Å². The number of rotatable bonds is 15. The van der Waals surface area contributed by atoms with Gasteiger partial charge in [-0.15, -0.1) is 6.58 Å². The van der Waals surface area contributed by atoms with Crippen molar-refractivity contribution in [2.24, 2.45) is 17.8 Å². The van der Waals surface area contributed by atoms with Crippen molar-refractivity contribution in [3.63, 3.8) is 0 Å². The van der Waals surface area contributed by atoms with E-state index in [0.29, 0.717) is 20.5 Å². The average Bonchev–Trinajstić information content (AvgIpc) is 3.19. The number of carbonyl (C=O) groups is 3. The molecule has 0 spiro atoms. The van der Waals surface area contributed by atoms with Crippen molar-refractivity contribution in [3.8, 4) is 5.75 Å². The number of halogens is 4. The summed E-state index contributed by atoms with van der Waals surface area (Å²) in [5, 5.41) is 0. The quantitative estimate of drug-likeness (QED) is 0.0301. The largest absolute Gasteiger partial charge is 0.523 e. The van der Waals surface area contributed by atoms with Gasteiger partial charge in [-0.25, -0.2) is 9.59 Å². The summed E-state index contributed by atoms with van der Waals surface area (Å²) in [4.78, 5) is 49.6. The number of alkyl halides is 3. The van der Waals surface area contributed by atoms with Crippen molar-refractivity contribution in [1.82, 2.24) is 4.90 Å². The van der Waals surface area contributed by atoms with Gasteiger partial charge in [-0.1, -0.05) is 38.6 Å². The van der Waals surface area contributed by atoms with Crippen LogP contribution >= 0.6 is 22.6 Å². The number of hydrogen-bond acceptors (Lipinski definition) is 10. The molecular formula is C27H29F3INO10S. The van der Waals surface area contributed by atoms with Crippen LogP contribution in [0.25, 0.3) is 0 Å². The van der Waals surface area contributed by atoms with Crippen molar-refractivity contribution in [2.45, 2.75) is 31.8 Å². The first-order chi connectivity index (χ1) is 20.2. The first-order valence-corrected chi connectivity index (χ1v) is 15.3. The maximum absolute atomic E-state index is 13.2. The number of carbonyl (C=O) groups excluding carboxylic acids is 3. The van der Waals surface area contributed by atoms with Gasteiger partial charge in [0.15, 0.2) is 0 Å². The molecule has 0 aromatic heterocycles. The number of benzene rings is 1. The third-order valence-electron chi connectivity index (χ3n) is 6.85. The van der Waals surface area contributed by atoms with Crippen LogP contribution in [0.4, 0.5) is 13.2 Å². The molecule has 2 heterocycles. The molecule has 0 N–H and O–H groups in total. The number of β-lactam (4-membered cyclic amide) rings is 1. The van der Waals surface area contributed by atoms with Crippen LogP contribution in [0.3, 0.4) is 0 Å². The molecule has 1 amide bonds. The van der Waals surface area contributed by atoms with E-state index >= 15 is 0 Å². The second-order valence-electron chi connectivity index (χ2n) is 9.56. The van der Waals surface area contributed by atoms with E-state index in [-0.39, 0.29) is 31.9 Å². The first-order valence-electron chi connectivity index (χ1n) is 12.8. The van der Waals surface area contributed by atoms with E-state index in [4.69, 9.17) is 19.2 Å². The predicted molar refractivity (Wildman–Crippen MR) is 152 cm³/mol. The molecule has 4 atom stereocenters. The lowest BCUT2D eigenvalue weighted by Crippen LogP contribution is -2.63. The van der Waals surface area contributed by atoms with Crippen LogP contribution in [0.2, 0.25) is 0 Å². The Hall–Kier alpha value is -2.96. The number of amides is 1.